The maximum absolute atomic E-state index is 15.6. The highest BCUT2D eigenvalue weighted by molar-refractivity contribution is 5.74. The molecule has 1 unspecified atom stereocenters. The third kappa shape index (κ3) is 6.22. The van der Waals surface area contributed by atoms with Crippen LogP contribution in [0.4, 0.5) is 4.39 Å². The summed E-state index contributed by atoms with van der Waals surface area (Å²) in [6, 6.07) is 14.0. The average molecular weight is 586 g/mol. The lowest BCUT2D eigenvalue weighted by Crippen LogP contribution is -2.36. The molecule has 9 nitrogen and oxygen atoms in total. The van der Waals surface area contributed by atoms with E-state index in [1.165, 1.54) is 12.4 Å². The van der Waals surface area contributed by atoms with Gasteiger partial charge in [-0.05, 0) is 74.8 Å². The molecule has 0 spiro atoms. The number of nitrogens with zero attached hydrogens (tertiary/aromatic N) is 5. The third-order valence-electron chi connectivity index (χ3n) is 8.12. The topological polar surface area (TPSA) is 112 Å². The standard InChI is InChI=1S/C33H36FN5O4/c1-4-8-30-28(17-23-12-11-22(18-29(23)34)27-10-7-6-9-24(27)19-35)31(40)38(33-36-20-37-39(30)33)25-13-15-26(16-14-25)43-21(3)32(41)42-5-2/h6-7,9-12,18,20-21,25-26H,4-5,8,13-17H2,1-3H3. The quantitative estimate of drug-likeness (QED) is 0.224. The zero-order chi connectivity index (χ0) is 30.5. The van der Waals surface area contributed by atoms with Gasteiger partial charge in [-0.15, -0.1) is 0 Å². The number of carbonyl (C=O) groups excluding carboxylic acids is 1. The number of nitriles is 1. The van der Waals surface area contributed by atoms with Crippen LogP contribution < -0.4 is 5.56 Å². The van der Waals surface area contributed by atoms with E-state index in [2.05, 4.69) is 16.2 Å². The van der Waals surface area contributed by atoms with Gasteiger partial charge in [-0.1, -0.05) is 43.7 Å². The van der Waals surface area contributed by atoms with Crippen LogP contribution in [0.25, 0.3) is 16.9 Å². The minimum absolute atomic E-state index is 0.103. The van der Waals surface area contributed by atoms with Crippen molar-refractivity contribution in [2.45, 2.75) is 84.0 Å². The van der Waals surface area contributed by atoms with Crippen LogP contribution in [0.3, 0.4) is 0 Å². The Kier molecular flexibility index (Phi) is 9.31. The van der Waals surface area contributed by atoms with E-state index in [9.17, 15) is 14.9 Å². The van der Waals surface area contributed by atoms with Crippen molar-refractivity contribution in [1.82, 2.24) is 19.2 Å². The molecule has 10 heteroatoms. The number of rotatable bonds is 10. The lowest BCUT2D eigenvalue weighted by Gasteiger charge is -2.31. The Labute approximate surface area is 249 Å². The molecule has 43 heavy (non-hydrogen) atoms. The van der Waals surface area contributed by atoms with Crippen LogP contribution in [0.15, 0.2) is 53.6 Å². The highest BCUT2D eigenvalue weighted by Gasteiger charge is 2.30. The lowest BCUT2D eigenvalue weighted by atomic mass is 9.92. The Bertz CT molecular complexity index is 1710. The summed E-state index contributed by atoms with van der Waals surface area (Å²) < 4.78 is 30.1. The summed E-state index contributed by atoms with van der Waals surface area (Å²) in [6.07, 6.45) is 4.83. The summed E-state index contributed by atoms with van der Waals surface area (Å²) >= 11 is 0. The fourth-order valence-corrected chi connectivity index (χ4v) is 6.00. The van der Waals surface area contributed by atoms with Gasteiger partial charge in [0.2, 0.25) is 5.78 Å². The zero-order valence-electron chi connectivity index (χ0n) is 24.8. The van der Waals surface area contributed by atoms with E-state index in [1.54, 1.807) is 53.3 Å². The number of carbonyl (C=O) groups is 1. The molecule has 0 N–H and O–H groups in total. The second-order valence-electron chi connectivity index (χ2n) is 10.9. The van der Waals surface area contributed by atoms with Crippen molar-refractivity contribution in [3.8, 4) is 17.2 Å². The van der Waals surface area contributed by atoms with E-state index >= 15 is 4.39 Å². The van der Waals surface area contributed by atoms with Crippen LogP contribution in [0.5, 0.6) is 0 Å². The van der Waals surface area contributed by atoms with Crippen LogP contribution in [-0.4, -0.2) is 43.9 Å². The second kappa shape index (κ2) is 13.3. The first-order valence-corrected chi connectivity index (χ1v) is 14.9. The van der Waals surface area contributed by atoms with Gasteiger partial charge < -0.3 is 9.47 Å². The number of esters is 1. The first-order valence-electron chi connectivity index (χ1n) is 14.9. The number of benzene rings is 2. The number of halogens is 1. The van der Waals surface area contributed by atoms with Crippen LogP contribution in [0.1, 0.15) is 81.3 Å². The molecule has 2 heterocycles. The SMILES string of the molecule is CCCc1c(Cc2ccc(-c3ccccc3C#N)cc2F)c(=O)n(C2CCC(OC(C)C(=O)OCC)CC2)c2ncnn12. The predicted molar refractivity (Wildman–Crippen MR) is 159 cm³/mol. The smallest absolute Gasteiger partial charge is 0.334 e. The molecule has 5 rings (SSSR count). The fourth-order valence-electron chi connectivity index (χ4n) is 6.00. The van der Waals surface area contributed by atoms with E-state index in [-0.39, 0.29) is 30.1 Å². The van der Waals surface area contributed by atoms with Gasteiger partial charge in [0.05, 0.1) is 30.0 Å². The Balaban J connectivity index is 1.46. The maximum atomic E-state index is 15.6. The monoisotopic (exact) mass is 585 g/mol. The number of ether oxygens (including phenoxy) is 2. The Morgan fingerprint density at radius 2 is 1.93 bits per heavy atom. The summed E-state index contributed by atoms with van der Waals surface area (Å²) in [5.41, 5.74) is 3.16. The van der Waals surface area contributed by atoms with E-state index in [4.69, 9.17) is 9.47 Å². The van der Waals surface area contributed by atoms with Gasteiger partial charge in [-0.25, -0.2) is 13.7 Å². The van der Waals surface area contributed by atoms with Crippen LogP contribution in [-0.2, 0) is 27.1 Å². The largest absolute Gasteiger partial charge is 0.464 e. The molecule has 0 aliphatic heterocycles. The minimum Gasteiger partial charge on any atom is -0.464 e. The minimum atomic E-state index is -0.651. The maximum Gasteiger partial charge on any atom is 0.334 e. The molecule has 224 valence electrons. The number of hydrogen-bond donors (Lipinski definition) is 0. The molecular formula is C33H36FN5O4. The molecule has 1 aliphatic rings. The second-order valence-corrected chi connectivity index (χ2v) is 10.9. The number of fused-ring (bicyclic) bond motifs is 1. The van der Waals surface area contributed by atoms with Crippen molar-refractivity contribution >= 4 is 11.7 Å². The molecule has 1 atom stereocenters. The Morgan fingerprint density at radius 1 is 1.16 bits per heavy atom. The van der Waals surface area contributed by atoms with Gasteiger partial charge in [-0.3, -0.25) is 9.36 Å². The molecule has 0 saturated heterocycles. The molecule has 4 aromatic rings. The van der Waals surface area contributed by atoms with Crippen molar-refractivity contribution in [3.05, 3.63) is 87.3 Å². The van der Waals surface area contributed by atoms with Gasteiger partial charge in [0.1, 0.15) is 12.1 Å². The number of hydrogen-bond acceptors (Lipinski definition) is 7. The summed E-state index contributed by atoms with van der Waals surface area (Å²) in [4.78, 5) is 30.7. The van der Waals surface area contributed by atoms with Crippen molar-refractivity contribution in [2.24, 2.45) is 0 Å². The molecule has 2 aromatic carbocycles. The van der Waals surface area contributed by atoms with Crippen LogP contribution in [0, 0.1) is 17.1 Å². The predicted octanol–water partition coefficient (Wildman–Crippen LogP) is 5.56. The van der Waals surface area contributed by atoms with Crippen molar-refractivity contribution in [3.63, 3.8) is 0 Å². The summed E-state index contributed by atoms with van der Waals surface area (Å²) in [6.45, 7) is 5.79. The van der Waals surface area contributed by atoms with E-state index in [0.717, 1.165) is 12.1 Å². The highest BCUT2D eigenvalue weighted by atomic mass is 19.1. The summed E-state index contributed by atoms with van der Waals surface area (Å²) in [5.74, 6) is -0.340. The van der Waals surface area contributed by atoms with E-state index < -0.39 is 11.9 Å². The molecule has 0 radical (unpaired) electrons. The first kappa shape index (κ1) is 30.1. The molecule has 0 amide bonds. The van der Waals surface area contributed by atoms with Crippen LogP contribution in [0.2, 0.25) is 0 Å². The van der Waals surface area contributed by atoms with Gasteiger partial charge >= 0.3 is 5.97 Å². The van der Waals surface area contributed by atoms with Crippen molar-refractivity contribution < 1.29 is 18.7 Å². The molecule has 0 bridgehead atoms. The van der Waals surface area contributed by atoms with Gasteiger partial charge in [0, 0.05) is 18.0 Å². The number of aromatic nitrogens is 4. The average Bonchev–Trinajstić information content (AvgIpc) is 3.50. The zero-order valence-corrected chi connectivity index (χ0v) is 24.8. The Morgan fingerprint density at radius 3 is 2.63 bits per heavy atom. The fraction of sp³-hybridized carbons (Fsp3) is 0.424. The molecule has 2 aromatic heterocycles. The molecular weight excluding hydrogens is 549 g/mol. The lowest BCUT2D eigenvalue weighted by molar-refractivity contribution is -0.160. The van der Waals surface area contributed by atoms with Crippen LogP contribution >= 0.6 is 0 Å². The molecule has 1 aliphatic carbocycles. The van der Waals surface area contributed by atoms with E-state index in [0.29, 0.717) is 72.3 Å². The first-order chi connectivity index (χ1) is 20.9. The molecule has 1 saturated carbocycles. The van der Waals surface area contributed by atoms with Crippen molar-refractivity contribution in [1.29, 1.82) is 5.26 Å². The van der Waals surface area contributed by atoms with Gasteiger partial charge in [-0.2, -0.15) is 15.3 Å². The number of aryl methyl sites for hydroxylation is 1. The molecule has 1 fully saturated rings. The summed E-state index contributed by atoms with van der Waals surface area (Å²) in [7, 11) is 0. The normalized spacial score (nSPS) is 17.5. The Hall–Kier alpha value is -4.36. The van der Waals surface area contributed by atoms with Gasteiger partial charge in [0.25, 0.3) is 5.56 Å². The third-order valence-corrected chi connectivity index (χ3v) is 8.12. The highest BCUT2D eigenvalue weighted by Crippen LogP contribution is 2.32. The van der Waals surface area contributed by atoms with Gasteiger partial charge in [0.15, 0.2) is 6.10 Å². The van der Waals surface area contributed by atoms with Crippen molar-refractivity contribution in [2.75, 3.05) is 6.61 Å². The summed E-state index contributed by atoms with van der Waals surface area (Å²) in [5, 5.41) is 14.0. The van der Waals surface area contributed by atoms with E-state index in [1.807, 2.05) is 13.0 Å².